The minimum absolute atomic E-state index is 0.0341. The highest BCUT2D eigenvalue weighted by Gasteiger charge is 2.10. The quantitative estimate of drug-likeness (QED) is 0.805. The van der Waals surface area contributed by atoms with Gasteiger partial charge in [-0.2, -0.15) is 0 Å². The van der Waals surface area contributed by atoms with Crippen molar-refractivity contribution in [3.63, 3.8) is 0 Å². The van der Waals surface area contributed by atoms with Crippen LogP contribution in [0.15, 0.2) is 12.1 Å². The number of hydrogen-bond donors (Lipinski definition) is 2. The van der Waals surface area contributed by atoms with E-state index >= 15 is 0 Å². The lowest BCUT2D eigenvalue weighted by atomic mass is 10.1. The zero-order chi connectivity index (χ0) is 10.0. The molecule has 0 aliphatic rings. The van der Waals surface area contributed by atoms with Crippen LogP contribution < -0.4 is 0 Å². The van der Waals surface area contributed by atoms with Crippen LogP contribution in [0, 0.1) is 0 Å². The molecular formula is C8H6Cl2O3. The third-order valence-corrected chi connectivity index (χ3v) is 2.09. The van der Waals surface area contributed by atoms with Crippen molar-refractivity contribution in [1.29, 1.82) is 0 Å². The smallest absolute Gasteiger partial charge is 0.307 e. The van der Waals surface area contributed by atoms with Crippen molar-refractivity contribution in [2.45, 2.75) is 6.42 Å². The lowest BCUT2D eigenvalue weighted by Crippen LogP contribution is -2.00. The average Bonchev–Trinajstić information content (AvgIpc) is 1.98. The minimum atomic E-state index is -1.02. The molecule has 70 valence electrons. The van der Waals surface area contributed by atoms with E-state index in [4.69, 9.17) is 28.3 Å². The molecule has 0 atom stereocenters. The first-order valence-corrected chi connectivity index (χ1v) is 4.15. The molecule has 3 nitrogen and oxygen atoms in total. The molecular weight excluding hydrogens is 215 g/mol. The second-order valence-corrected chi connectivity index (χ2v) is 3.28. The number of aliphatic carboxylic acids is 1. The number of rotatable bonds is 2. The number of aromatic hydroxyl groups is 1. The Labute approximate surface area is 84.5 Å². The summed E-state index contributed by atoms with van der Waals surface area (Å²) in [5.74, 6) is -1.23. The third kappa shape index (κ3) is 2.50. The average molecular weight is 221 g/mol. The summed E-state index contributed by atoms with van der Waals surface area (Å²) in [6.07, 6.45) is -0.257. The molecule has 0 unspecified atom stereocenters. The van der Waals surface area contributed by atoms with Crippen molar-refractivity contribution in [2.75, 3.05) is 0 Å². The van der Waals surface area contributed by atoms with Crippen LogP contribution in [0.3, 0.4) is 0 Å². The van der Waals surface area contributed by atoms with E-state index in [2.05, 4.69) is 0 Å². The van der Waals surface area contributed by atoms with Gasteiger partial charge in [0.25, 0.3) is 0 Å². The van der Waals surface area contributed by atoms with E-state index in [-0.39, 0.29) is 22.2 Å². The lowest BCUT2D eigenvalue weighted by Gasteiger charge is -2.03. The summed E-state index contributed by atoms with van der Waals surface area (Å²) in [4.78, 5) is 10.4. The molecule has 0 aliphatic carbocycles. The Kier molecular flexibility index (Phi) is 3.01. The molecule has 0 aromatic heterocycles. The molecule has 1 rings (SSSR count). The summed E-state index contributed by atoms with van der Waals surface area (Å²) in [5.41, 5.74) is 0.305. The van der Waals surface area contributed by atoms with Crippen LogP contribution in [-0.4, -0.2) is 16.2 Å². The van der Waals surface area contributed by atoms with Crippen molar-refractivity contribution in [3.8, 4) is 5.75 Å². The molecule has 0 bridgehead atoms. The fourth-order valence-corrected chi connectivity index (χ4v) is 1.33. The number of benzene rings is 1. The first-order valence-electron chi connectivity index (χ1n) is 3.39. The van der Waals surface area contributed by atoms with Crippen molar-refractivity contribution >= 4 is 29.2 Å². The van der Waals surface area contributed by atoms with Gasteiger partial charge in [0.05, 0.1) is 11.4 Å². The van der Waals surface area contributed by atoms with Gasteiger partial charge in [0, 0.05) is 11.1 Å². The standard InChI is InChI=1S/C8H6Cl2O3/c9-5-1-4(2-7(12)13)8(10)6(11)3-5/h1,3,11H,2H2,(H,12,13). The van der Waals surface area contributed by atoms with Crippen LogP contribution in [0.1, 0.15) is 5.56 Å². The molecule has 0 amide bonds. The van der Waals surface area contributed by atoms with Crippen LogP contribution in [-0.2, 0) is 11.2 Å². The molecule has 1 aromatic carbocycles. The monoisotopic (exact) mass is 220 g/mol. The van der Waals surface area contributed by atoms with E-state index in [0.717, 1.165) is 0 Å². The summed E-state index contributed by atoms with van der Waals surface area (Å²) in [6, 6.07) is 2.67. The predicted octanol–water partition coefficient (Wildman–Crippen LogP) is 2.33. The highest BCUT2D eigenvalue weighted by atomic mass is 35.5. The van der Waals surface area contributed by atoms with Gasteiger partial charge in [-0.15, -0.1) is 0 Å². The molecule has 0 heterocycles. The second kappa shape index (κ2) is 3.85. The Bertz CT molecular complexity index is 349. The Balaban J connectivity index is 3.12. The maximum atomic E-state index is 10.4. The first kappa shape index (κ1) is 10.2. The maximum Gasteiger partial charge on any atom is 0.307 e. The van der Waals surface area contributed by atoms with E-state index in [1.807, 2.05) is 0 Å². The molecule has 1 aromatic rings. The number of hydrogen-bond acceptors (Lipinski definition) is 2. The van der Waals surface area contributed by atoms with Crippen molar-refractivity contribution < 1.29 is 15.0 Å². The number of phenolic OH excluding ortho intramolecular Hbond substituents is 1. The van der Waals surface area contributed by atoms with Gasteiger partial charge in [0.15, 0.2) is 0 Å². The number of carboxylic acid groups (broad SMARTS) is 1. The molecule has 2 N–H and O–H groups in total. The van der Waals surface area contributed by atoms with Crippen molar-refractivity contribution in [1.82, 2.24) is 0 Å². The highest BCUT2D eigenvalue weighted by Crippen LogP contribution is 2.31. The predicted molar refractivity (Wildman–Crippen MR) is 49.5 cm³/mol. The molecule has 0 saturated heterocycles. The number of carboxylic acids is 1. The number of carbonyl (C=O) groups is 1. The van der Waals surface area contributed by atoms with Crippen molar-refractivity contribution in [3.05, 3.63) is 27.7 Å². The van der Waals surface area contributed by atoms with Gasteiger partial charge in [0.1, 0.15) is 5.75 Å². The largest absolute Gasteiger partial charge is 0.506 e. The number of phenols is 1. The third-order valence-electron chi connectivity index (χ3n) is 1.44. The van der Waals surface area contributed by atoms with Crippen LogP contribution in [0.4, 0.5) is 0 Å². The van der Waals surface area contributed by atoms with E-state index in [1.165, 1.54) is 12.1 Å². The van der Waals surface area contributed by atoms with Gasteiger partial charge >= 0.3 is 5.97 Å². The van der Waals surface area contributed by atoms with Gasteiger partial charge < -0.3 is 10.2 Å². The topological polar surface area (TPSA) is 57.5 Å². The zero-order valence-corrected chi connectivity index (χ0v) is 7.93. The summed E-state index contributed by atoms with van der Waals surface area (Å²) in [5, 5.41) is 18.0. The molecule has 5 heteroatoms. The van der Waals surface area contributed by atoms with Crippen LogP contribution >= 0.6 is 23.2 Å². The summed E-state index contributed by atoms with van der Waals surface area (Å²) in [6.45, 7) is 0. The Hall–Kier alpha value is -0.930. The Morgan fingerprint density at radius 2 is 2.00 bits per heavy atom. The first-order chi connectivity index (χ1) is 6.00. The molecule has 13 heavy (non-hydrogen) atoms. The van der Waals surface area contributed by atoms with E-state index in [0.29, 0.717) is 5.56 Å². The van der Waals surface area contributed by atoms with Gasteiger partial charge in [-0.3, -0.25) is 4.79 Å². The summed E-state index contributed by atoms with van der Waals surface area (Å²) >= 11 is 11.2. The van der Waals surface area contributed by atoms with Crippen LogP contribution in [0.5, 0.6) is 5.75 Å². The number of halogens is 2. The summed E-state index contributed by atoms with van der Waals surface area (Å²) in [7, 11) is 0. The molecule has 0 saturated carbocycles. The van der Waals surface area contributed by atoms with Crippen molar-refractivity contribution in [2.24, 2.45) is 0 Å². The van der Waals surface area contributed by atoms with Gasteiger partial charge in [0.2, 0.25) is 0 Å². The normalized spacial score (nSPS) is 10.0. The van der Waals surface area contributed by atoms with E-state index in [1.54, 1.807) is 0 Å². The maximum absolute atomic E-state index is 10.4. The molecule has 0 fully saturated rings. The lowest BCUT2D eigenvalue weighted by molar-refractivity contribution is -0.136. The Morgan fingerprint density at radius 1 is 1.38 bits per heavy atom. The molecule has 0 aliphatic heterocycles. The molecule has 0 spiro atoms. The van der Waals surface area contributed by atoms with E-state index in [9.17, 15) is 9.90 Å². The zero-order valence-electron chi connectivity index (χ0n) is 6.42. The van der Waals surface area contributed by atoms with Gasteiger partial charge in [-0.05, 0) is 11.6 Å². The SMILES string of the molecule is O=C(O)Cc1cc(Cl)cc(O)c1Cl. The Morgan fingerprint density at radius 3 is 2.54 bits per heavy atom. The molecule has 0 radical (unpaired) electrons. The van der Waals surface area contributed by atoms with Gasteiger partial charge in [-0.1, -0.05) is 23.2 Å². The van der Waals surface area contributed by atoms with Crippen LogP contribution in [0.25, 0.3) is 0 Å². The summed E-state index contributed by atoms with van der Waals surface area (Å²) < 4.78 is 0. The van der Waals surface area contributed by atoms with E-state index < -0.39 is 5.97 Å². The minimum Gasteiger partial charge on any atom is -0.506 e. The fraction of sp³-hybridized carbons (Fsp3) is 0.125. The fourth-order valence-electron chi connectivity index (χ4n) is 0.922. The second-order valence-electron chi connectivity index (χ2n) is 2.47. The van der Waals surface area contributed by atoms with Crippen LogP contribution in [0.2, 0.25) is 10.0 Å². The van der Waals surface area contributed by atoms with Gasteiger partial charge in [-0.25, -0.2) is 0 Å². The highest BCUT2D eigenvalue weighted by molar-refractivity contribution is 6.35.